The third-order valence-corrected chi connectivity index (χ3v) is 7.35. The molecule has 1 amide bonds. The van der Waals surface area contributed by atoms with Gasteiger partial charge in [0.05, 0.1) is 17.1 Å². The van der Waals surface area contributed by atoms with E-state index in [1.807, 2.05) is 54.6 Å². The van der Waals surface area contributed by atoms with Gasteiger partial charge in [0.25, 0.3) is 0 Å². The molecule has 1 heterocycles. The summed E-state index contributed by atoms with van der Waals surface area (Å²) in [5.74, 6) is 0.824. The first-order valence-corrected chi connectivity index (χ1v) is 13.8. The summed E-state index contributed by atoms with van der Waals surface area (Å²) in [6, 6.07) is 22.1. The minimum Gasteiger partial charge on any atom is -0.492 e. The molecule has 2 N–H and O–H groups in total. The molecule has 0 spiro atoms. The van der Waals surface area contributed by atoms with E-state index >= 15 is 4.39 Å². The molecule has 0 unspecified atom stereocenters. The number of carbonyl (C=O) groups excluding carboxylic acids is 1. The second-order valence-electron chi connectivity index (χ2n) is 10.3. The van der Waals surface area contributed by atoms with Crippen LogP contribution < -0.4 is 10.1 Å². The number of halogens is 1. The number of amides is 1. The molecular formula is C33H35FN4O2. The predicted octanol–water partition coefficient (Wildman–Crippen LogP) is 6.07. The average Bonchev–Trinajstić information content (AvgIpc) is 3.43. The van der Waals surface area contributed by atoms with Crippen molar-refractivity contribution >= 4 is 28.0 Å². The lowest BCUT2D eigenvalue weighted by molar-refractivity contribution is -0.123. The van der Waals surface area contributed by atoms with Gasteiger partial charge in [0.1, 0.15) is 18.2 Å². The number of nitrogens with one attached hydrogen (secondary N) is 2. The SMILES string of the molecule is CN(C)C(=O)C=CCNCCOc1ccc(C(=C(c2ccccc2)C2CCC2)c2ccc3[nH]ncc3c2F)cc1. The summed E-state index contributed by atoms with van der Waals surface area (Å²) in [7, 11) is 3.45. The molecule has 1 aromatic heterocycles. The van der Waals surface area contributed by atoms with Gasteiger partial charge in [-0.05, 0) is 65.3 Å². The average molecular weight is 539 g/mol. The number of rotatable bonds is 11. The lowest BCUT2D eigenvalue weighted by Gasteiger charge is -2.31. The van der Waals surface area contributed by atoms with Crippen LogP contribution in [-0.4, -0.2) is 54.8 Å². The van der Waals surface area contributed by atoms with Gasteiger partial charge in [0.2, 0.25) is 5.91 Å². The number of benzene rings is 3. The first-order chi connectivity index (χ1) is 19.5. The largest absolute Gasteiger partial charge is 0.492 e. The van der Waals surface area contributed by atoms with Crippen LogP contribution in [0.2, 0.25) is 0 Å². The minimum absolute atomic E-state index is 0.0381. The smallest absolute Gasteiger partial charge is 0.245 e. The Morgan fingerprint density at radius 1 is 1.07 bits per heavy atom. The molecule has 0 aliphatic heterocycles. The van der Waals surface area contributed by atoms with E-state index in [4.69, 9.17) is 4.74 Å². The number of ether oxygens (including phenoxy) is 1. The van der Waals surface area contributed by atoms with Gasteiger partial charge < -0.3 is 15.0 Å². The van der Waals surface area contributed by atoms with E-state index in [-0.39, 0.29) is 11.7 Å². The van der Waals surface area contributed by atoms with Crippen LogP contribution in [-0.2, 0) is 4.79 Å². The van der Waals surface area contributed by atoms with E-state index in [0.717, 1.165) is 35.3 Å². The summed E-state index contributed by atoms with van der Waals surface area (Å²) in [6.07, 6.45) is 8.28. The summed E-state index contributed by atoms with van der Waals surface area (Å²) in [6.45, 7) is 1.72. The van der Waals surface area contributed by atoms with Gasteiger partial charge in [-0.2, -0.15) is 5.10 Å². The Morgan fingerprint density at radius 3 is 2.55 bits per heavy atom. The second kappa shape index (κ2) is 12.7. The number of allylic oxidation sites excluding steroid dienone is 1. The number of hydrogen-bond acceptors (Lipinski definition) is 4. The zero-order valence-corrected chi connectivity index (χ0v) is 23.0. The minimum atomic E-state index is -0.262. The number of carbonyl (C=O) groups is 1. The summed E-state index contributed by atoms with van der Waals surface area (Å²) in [5.41, 5.74) is 5.45. The van der Waals surface area contributed by atoms with Crippen molar-refractivity contribution in [2.75, 3.05) is 33.8 Å². The molecule has 7 heteroatoms. The molecule has 1 saturated carbocycles. The molecule has 1 aliphatic carbocycles. The second-order valence-corrected chi connectivity index (χ2v) is 10.3. The van der Waals surface area contributed by atoms with Crippen molar-refractivity contribution in [1.29, 1.82) is 0 Å². The van der Waals surface area contributed by atoms with Gasteiger partial charge in [0, 0.05) is 38.8 Å². The van der Waals surface area contributed by atoms with Crippen LogP contribution >= 0.6 is 0 Å². The van der Waals surface area contributed by atoms with Gasteiger partial charge in [-0.25, -0.2) is 4.39 Å². The molecule has 0 bridgehead atoms. The van der Waals surface area contributed by atoms with E-state index in [1.54, 1.807) is 32.4 Å². The van der Waals surface area contributed by atoms with Crippen LogP contribution in [0.1, 0.15) is 36.0 Å². The topological polar surface area (TPSA) is 70.2 Å². The summed E-state index contributed by atoms with van der Waals surface area (Å²) >= 11 is 0. The zero-order chi connectivity index (χ0) is 27.9. The highest BCUT2D eigenvalue weighted by atomic mass is 19.1. The molecule has 3 aromatic carbocycles. The van der Waals surface area contributed by atoms with Crippen LogP contribution in [0.5, 0.6) is 5.75 Å². The lowest BCUT2D eigenvalue weighted by atomic mass is 9.73. The highest BCUT2D eigenvalue weighted by molar-refractivity contribution is 6.01. The quantitative estimate of drug-likeness (QED) is 0.138. The molecule has 206 valence electrons. The Labute approximate surface area is 234 Å². The van der Waals surface area contributed by atoms with Crippen molar-refractivity contribution in [1.82, 2.24) is 20.4 Å². The number of H-pyrrole nitrogens is 1. The van der Waals surface area contributed by atoms with Crippen LogP contribution in [0.4, 0.5) is 4.39 Å². The van der Waals surface area contributed by atoms with Crippen molar-refractivity contribution in [2.45, 2.75) is 19.3 Å². The number of aromatic nitrogens is 2. The third-order valence-electron chi connectivity index (χ3n) is 7.35. The van der Waals surface area contributed by atoms with E-state index < -0.39 is 0 Å². The lowest BCUT2D eigenvalue weighted by Crippen LogP contribution is -2.22. The Kier molecular flexibility index (Phi) is 8.71. The first kappa shape index (κ1) is 27.3. The van der Waals surface area contributed by atoms with Crippen LogP contribution in [0.3, 0.4) is 0 Å². The molecule has 0 saturated heterocycles. The molecule has 6 nitrogen and oxygen atoms in total. The number of hydrogen-bond donors (Lipinski definition) is 2. The van der Waals surface area contributed by atoms with Crippen molar-refractivity contribution in [3.8, 4) is 5.75 Å². The number of nitrogens with zero attached hydrogens (tertiary/aromatic N) is 2. The molecule has 5 rings (SSSR count). The Balaban J connectivity index is 1.40. The van der Waals surface area contributed by atoms with Gasteiger partial charge >= 0.3 is 0 Å². The van der Waals surface area contributed by atoms with E-state index in [9.17, 15) is 4.79 Å². The van der Waals surface area contributed by atoms with Gasteiger partial charge in [-0.3, -0.25) is 9.89 Å². The Bertz CT molecular complexity index is 1500. The molecular weight excluding hydrogens is 503 g/mol. The fourth-order valence-electron chi connectivity index (χ4n) is 4.98. The highest BCUT2D eigenvalue weighted by Gasteiger charge is 2.28. The van der Waals surface area contributed by atoms with Gasteiger partial charge in [-0.1, -0.05) is 55.0 Å². The fourth-order valence-corrected chi connectivity index (χ4v) is 4.98. The van der Waals surface area contributed by atoms with Gasteiger partial charge in [0.15, 0.2) is 0 Å². The monoisotopic (exact) mass is 538 g/mol. The summed E-state index contributed by atoms with van der Waals surface area (Å²) < 4.78 is 21.9. The van der Waals surface area contributed by atoms with Crippen molar-refractivity contribution in [3.63, 3.8) is 0 Å². The number of aromatic amines is 1. The standard InChI is InChI=1S/C33H35FN4O2/c1-38(2)30(39)12-7-19-35-20-21-40-26-15-13-25(14-16-26)32(27-17-18-29-28(33(27)34)22-36-37-29)31(24-10-6-11-24)23-8-4-3-5-9-23/h3-5,7-9,12-18,22,24,35H,6,10-11,19-21H2,1-2H3,(H,36,37). The van der Waals surface area contributed by atoms with Crippen LogP contribution in [0.25, 0.3) is 22.0 Å². The van der Waals surface area contributed by atoms with Crippen molar-refractivity contribution < 1.29 is 13.9 Å². The summed E-state index contributed by atoms with van der Waals surface area (Å²) in [5, 5.41) is 10.7. The summed E-state index contributed by atoms with van der Waals surface area (Å²) in [4.78, 5) is 13.1. The maximum atomic E-state index is 16.0. The molecule has 0 atom stereocenters. The van der Waals surface area contributed by atoms with Gasteiger partial charge in [-0.15, -0.1) is 0 Å². The molecule has 0 radical (unpaired) electrons. The molecule has 1 aliphatic rings. The first-order valence-electron chi connectivity index (χ1n) is 13.8. The highest BCUT2D eigenvalue weighted by Crippen LogP contribution is 2.46. The molecule has 40 heavy (non-hydrogen) atoms. The fraction of sp³-hybridized carbons (Fsp3) is 0.273. The maximum absolute atomic E-state index is 16.0. The number of likely N-dealkylation sites (N-methyl/N-ethyl adjacent to an activating group) is 1. The third kappa shape index (κ3) is 6.15. The van der Waals surface area contributed by atoms with E-state index in [1.165, 1.54) is 16.9 Å². The van der Waals surface area contributed by atoms with Crippen LogP contribution in [0, 0.1) is 11.7 Å². The molecule has 4 aromatic rings. The number of fused-ring (bicyclic) bond motifs is 1. The van der Waals surface area contributed by atoms with Crippen molar-refractivity contribution in [3.05, 3.63) is 108 Å². The normalized spacial score (nSPS) is 14.3. The van der Waals surface area contributed by atoms with Crippen molar-refractivity contribution in [2.24, 2.45) is 5.92 Å². The van der Waals surface area contributed by atoms with E-state index in [2.05, 4.69) is 27.6 Å². The maximum Gasteiger partial charge on any atom is 0.245 e. The zero-order valence-electron chi connectivity index (χ0n) is 23.0. The van der Waals surface area contributed by atoms with Crippen LogP contribution in [0.15, 0.2) is 85.1 Å². The van der Waals surface area contributed by atoms with E-state index in [0.29, 0.717) is 42.1 Å². The molecule has 1 fully saturated rings. The predicted molar refractivity (Wildman–Crippen MR) is 158 cm³/mol. The Morgan fingerprint density at radius 2 is 1.85 bits per heavy atom. The Hall–Kier alpha value is -4.23.